The summed E-state index contributed by atoms with van der Waals surface area (Å²) in [5.41, 5.74) is 8.17. The molecule has 2 rings (SSSR count). The number of amides is 1. The number of methoxy groups -OCH3 is 2. The van der Waals surface area contributed by atoms with Gasteiger partial charge in [-0.05, 0) is 43.0 Å². The lowest BCUT2D eigenvalue weighted by Gasteiger charge is -2.24. The molecule has 1 amide bonds. The number of ether oxygens (including phenoxy) is 2. The first-order chi connectivity index (χ1) is 10.5. The van der Waals surface area contributed by atoms with Crippen LogP contribution in [0.5, 0.6) is 11.5 Å². The topological polar surface area (TPSA) is 64.8 Å². The molecular weight excluding hydrogens is 280 g/mol. The standard InChI is InChI=1S/C17H26N2O3/c1-11-8-15(21-3)16(22-4)9-12(11)10-19(2)17(20)13-6-5-7-14(13)18/h8-9,13-14H,5-7,10,18H2,1-4H3/t13-,14-/m1/s1. The first kappa shape index (κ1) is 16.6. The Bertz CT molecular complexity index is 545. The van der Waals surface area contributed by atoms with Gasteiger partial charge in [-0.3, -0.25) is 4.79 Å². The number of nitrogens with two attached hydrogens (primary N) is 1. The molecule has 2 atom stereocenters. The number of hydrogen-bond acceptors (Lipinski definition) is 4. The quantitative estimate of drug-likeness (QED) is 0.905. The van der Waals surface area contributed by atoms with Crippen molar-refractivity contribution in [3.05, 3.63) is 23.3 Å². The van der Waals surface area contributed by atoms with E-state index in [1.807, 2.05) is 26.1 Å². The van der Waals surface area contributed by atoms with Crippen LogP contribution >= 0.6 is 0 Å². The molecule has 0 heterocycles. The van der Waals surface area contributed by atoms with Gasteiger partial charge in [-0.1, -0.05) is 6.42 Å². The molecule has 1 saturated carbocycles. The predicted molar refractivity (Wildman–Crippen MR) is 86.1 cm³/mol. The molecule has 122 valence electrons. The highest BCUT2D eigenvalue weighted by Crippen LogP contribution is 2.31. The van der Waals surface area contributed by atoms with Crippen LogP contribution in [0.3, 0.4) is 0 Å². The maximum Gasteiger partial charge on any atom is 0.227 e. The molecule has 1 aromatic carbocycles. The molecule has 1 aliphatic carbocycles. The van der Waals surface area contributed by atoms with Crippen molar-refractivity contribution < 1.29 is 14.3 Å². The Labute approximate surface area is 132 Å². The Kier molecular flexibility index (Phi) is 5.29. The van der Waals surface area contributed by atoms with E-state index < -0.39 is 0 Å². The molecule has 0 bridgehead atoms. The predicted octanol–water partition coefficient (Wildman–Crippen LogP) is 2.10. The molecule has 0 unspecified atom stereocenters. The Morgan fingerprint density at radius 3 is 2.45 bits per heavy atom. The summed E-state index contributed by atoms with van der Waals surface area (Å²) < 4.78 is 10.6. The molecule has 5 heteroatoms. The number of carbonyl (C=O) groups excluding carboxylic acids is 1. The van der Waals surface area contributed by atoms with Crippen molar-refractivity contribution in [3.63, 3.8) is 0 Å². The van der Waals surface area contributed by atoms with Gasteiger partial charge in [0.2, 0.25) is 5.91 Å². The third-order valence-corrected chi connectivity index (χ3v) is 4.51. The SMILES string of the molecule is COc1cc(C)c(CN(C)C(=O)[C@@H]2CCC[C@H]2N)cc1OC. The van der Waals surface area contributed by atoms with Crippen LogP contribution in [0.1, 0.15) is 30.4 Å². The van der Waals surface area contributed by atoms with Gasteiger partial charge >= 0.3 is 0 Å². The molecule has 1 aromatic rings. The summed E-state index contributed by atoms with van der Waals surface area (Å²) in [4.78, 5) is 14.3. The molecule has 0 aromatic heterocycles. The number of nitrogens with zero attached hydrogens (tertiary/aromatic N) is 1. The Morgan fingerprint density at radius 1 is 1.27 bits per heavy atom. The van der Waals surface area contributed by atoms with E-state index in [0.29, 0.717) is 18.0 Å². The van der Waals surface area contributed by atoms with Crippen LogP contribution < -0.4 is 15.2 Å². The van der Waals surface area contributed by atoms with Gasteiger partial charge in [-0.25, -0.2) is 0 Å². The number of hydrogen-bond donors (Lipinski definition) is 1. The second-order valence-electron chi connectivity index (χ2n) is 6.03. The van der Waals surface area contributed by atoms with Crippen LogP contribution in [0.2, 0.25) is 0 Å². The van der Waals surface area contributed by atoms with Crippen molar-refractivity contribution in [1.82, 2.24) is 4.90 Å². The Hall–Kier alpha value is -1.75. The Morgan fingerprint density at radius 2 is 1.91 bits per heavy atom. The summed E-state index contributed by atoms with van der Waals surface area (Å²) in [5, 5.41) is 0. The van der Waals surface area contributed by atoms with Gasteiger partial charge in [0.05, 0.1) is 20.1 Å². The Balaban J connectivity index is 2.14. The van der Waals surface area contributed by atoms with E-state index in [1.165, 1.54) is 0 Å². The van der Waals surface area contributed by atoms with Crippen molar-refractivity contribution >= 4 is 5.91 Å². The first-order valence-corrected chi connectivity index (χ1v) is 7.70. The van der Waals surface area contributed by atoms with Gasteiger partial charge in [-0.2, -0.15) is 0 Å². The molecule has 22 heavy (non-hydrogen) atoms. The van der Waals surface area contributed by atoms with Crippen molar-refractivity contribution in [3.8, 4) is 11.5 Å². The molecule has 0 aliphatic heterocycles. The third kappa shape index (κ3) is 3.35. The van der Waals surface area contributed by atoms with E-state index in [9.17, 15) is 4.79 Å². The number of benzene rings is 1. The van der Waals surface area contributed by atoms with E-state index in [4.69, 9.17) is 15.2 Å². The van der Waals surface area contributed by atoms with Crippen molar-refractivity contribution in [1.29, 1.82) is 0 Å². The summed E-state index contributed by atoms with van der Waals surface area (Å²) in [6.45, 7) is 2.56. The zero-order chi connectivity index (χ0) is 16.3. The summed E-state index contributed by atoms with van der Waals surface area (Å²) in [7, 11) is 5.07. The molecule has 1 fully saturated rings. The maximum atomic E-state index is 12.5. The molecule has 0 spiro atoms. The summed E-state index contributed by atoms with van der Waals surface area (Å²) >= 11 is 0. The zero-order valence-corrected chi connectivity index (χ0v) is 13.9. The van der Waals surface area contributed by atoms with Crippen molar-refractivity contribution in [2.24, 2.45) is 11.7 Å². The maximum absolute atomic E-state index is 12.5. The van der Waals surface area contributed by atoms with E-state index >= 15 is 0 Å². The van der Waals surface area contributed by atoms with Crippen LogP contribution in [-0.4, -0.2) is 38.1 Å². The van der Waals surface area contributed by atoms with E-state index in [0.717, 1.165) is 30.4 Å². The summed E-state index contributed by atoms with van der Waals surface area (Å²) in [6, 6.07) is 3.88. The number of carbonyl (C=O) groups is 1. The van der Waals surface area contributed by atoms with Gasteiger partial charge in [0.15, 0.2) is 11.5 Å². The number of aryl methyl sites for hydroxylation is 1. The van der Waals surface area contributed by atoms with Crippen LogP contribution in [0, 0.1) is 12.8 Å². The van der Waals surface area contributed by atoms with E-state index in [2.05, 4.69) is 0 Å². The monoisotopic (exact) mass is 306 g/mol. The summed E-state index contributed by atoms with van der Waals surface area (Å²) in [6.07, 6.45) is 2.88. The molecule has 0 saturated heterocycles. The largest absolute Gasteiger partial charge is 0.493 e. The fourth-order valence-corrected chi connectivity index (χ4v) is 3.10. The van der Waals surface area contributed by atoms with E-state index in [1.54, 1.807) is 19.1 Å². The second-order valence-corrected chi connectivity index (χ2v) is 6.03. The van der Waals surface area contributed by atoms with Gasteiger partial charge in [0.25, 0.3) is 0 Å². The third-order valence-electron chi connectivity index (χ3n) is 4.51. The van der Waals surface area contributed by atoms with Gasteiger partial charge in [0, 0.05) is 19.6 Å². The van der Waals surface area contributed by atoms with E-state index in [-0.39, 0.29) is 17.9 Å². The minimum Gasteiger partial charge on any atom is -0.493 e. The molecule has 0 radical (unpaired) electrons. The van der Waals surface area contributed by atoms with Crippen LogP contribution in [-0.2, 0) is 11.3 Å². The van der Waals surface area contributed by atoms with Crippen LogP contribution in [0.25, 0.3) is 0 Å². The highest BCUT2D eigenvalue weighted by molar-refractivity contribution is 5.79. The average molecular weight is 306 g/mol. The highest BCUT2D eigenvalue weighted by atomic mass is 16.5. The zero-order valence-electron chi connectivity index (χ0n) is 13.9. The first-order valence-electron chi connectivity index (χ1n) is 7.70. The summed E-state index contributed by atoms with van der Waals surface area (Å²) in [5.74, 6) is 1.49. The van der Waals surface area contributed by atoms with Gasteiger partial charge < -0.3 is 20.1 Å². The van der Waals surface area contributed by atoms with Gasteiger partial charge in [0.1, 0.15) is 0 Å². The normalized spacial score (nSPS) is 20.8. The van der Waals surface area contributed by atoms with Gasteiger partial charge in [-0.15, -0.1) is 0 Å². The molecule has 5 nitrogen and oxygen atoms in total. The minimum absolute atomic E-state index is 0.00134. The molecule has 1 aliphatic rings. The lowest BCUT2D eigenvalue weighted by Crippen LogP contribution is -2.39. The average Bonchev–Trinajstić information content (AvgIpc) is 2.93. The van der Waals surface area contributed by atoms with Crippen molar-refractivity contribution in [2.75, 3.05) is 21.3 Å². The fourth-order valence-electron chi connectivity index (χ4n) is 3.10. The smallest absolute Gasteiger partial charge is 0.227 e. The lowest BCUT2D eigenvalue weighted by molar-refractivity contribution is -0.134. The van der Waals surface area contributed by atoms with Crippen LogP contribution in [0.4, 0.5) is 0 Å². The second kappa shape index (κ2) is 7.01. The minimum atomic E-state index is -0.0366. The molecule has 2 N–H and O–H groups in total. The molecular formula is C17H26N2O3. The van der Waals surface area contributed by atoms with Crippen LogP contribution in [0.15, 0.2) is 12.1 Å². The fraction of sp³-hybridized carbons (Fsp3) is 0.588. The van der Waals surface area contributed by atoms with Crippen molar-refractivity contribution in [2.45, 2.75) is 38.8 Å². The highest BCUT2D eigenvalue weighted by Gasteiger charge is 2.32. The lowest BCUT2D eigenvalue weighted by atomic mass is 10.0. The number of rotatable bonds is 5.